The average Bonchev–Trinajstić information content (AvgIpc) is 3.17. The van der Waals surface area contributed by atoms with Crippen LogP contribution in [0.4, 0.5) is 0 Å². The van der Waals surface area contributed by atoms with Gasteiger partial charge in [0, 0.05) is 6.42 Å². The van der Waals surface area contributed by atoms with E-state index in [1.807, 2.05) is 18.2 Å². The van der Waals surface area contributed by atoms with E-state index in [0.29, 0.717) is 5.89 Å². The van der Waals surface area contributed by atoms with Crippen LogP contribution in [0.15, 0.2) is 28.8 Å². The van der Waals surface area contributed by atoms with Crippen LogP contribution in [0.5, 0.6) is 5.75 Å². The van der Waals surface area contributed by atoms with E-state index in [0.717, 1.165) is 31.0 Å². The first-order valence-electron chi connectivity index (χ1n) is 6.71. The number of hydrogen-bond acceptors (Lipinski definition) is 5. The molecule has 0 radical (unpaired) electrons. The van der Waals surface area contributed by atoms with Crippen molar-refractivity contribution in [3.63, 3.8) is 0 Å². The van der Waals surface area contributed by atoms with Gasteiger partial charge >= 0.3 is 0 Å². The highest BCUT2D eigenvalue weighted by Gasteiger charge is 2.30. The topological polar surface area (TPSA) is 60.2 Å². The third-order valence-electron chi connectivity index (χ3n) is 3.75. The summed E-state index contributed by atoms with van der Waals surface area (Å²) < 4.78 is 11.2. The normalized spacial score (nSPS) is 25.3. The van der Waals surface area contributed by atoms with Crippen LogP contribution in [-0.2, 0) is 6.42 Å². The molecule has 0 saturated carbocycles. The van der Waals surface area contributed by atoms with Crippen molar-refractivity contribution in [1.29, 1.82) is 0 Å². The molecule has 0 aliphatic carbocycles. The zero-order chi connectivity index (χ0) is 12.7. The van der Waals surface area contributed by atoms with Crippen molar-refractivity contribution in [3.05, 3.63) is 41.5 Å². The molecular weight excluding hydrogens is 242 g/mol. The van der Waals surface area contributed by atoms with E-state index in [4.69, 9.17) is 9.26 Å². The van der Waals surface area contributed by atoms with E-state index in [1.165, 1.54) is 12.0 Å². The minimum atomic E-state index is -0.139. The first-order chi connectivity index (χ1) is 9.40. The quantitative estimate of drug-likeness (QED) is 0.893. The molecule has 5 nitrogen and oxygen atoms in total. The van der Waals surface area contributed by atoms with Crippen LogP contribution in [0.2, 0.25) is 0 Å². The van der Waals surface area contributed by atoms with E-state index >= 15 is 0 Å². The second-order valence-electron chi connectivity index (χ2n) is 5.06. The third-order valence-corrected chi connectivity index (χ3v) is 3.75. The summed E-state index contributed by atoms with van der Waals surface area (Å²) in [6.07, 6.45) is 2.90. The van der Waals surface area contributed by atoms with Crippen molar-refractivity contribution >= 4 is 0 Å². The molecule has 2 aliphatic rings. The Labute approximate surface area is 111 Å². The lowest BCUT2D eigenvalue weighted by molar-refractivity contribution is 0.183. The van der Waals surface area contributed by atoms with Crippen LogP contribution >= 0.6 is 0 Å². The number of nitrogens with zero attached hydrogens (tertiary/aromatic N) is 2. The Morgan fingerprint density at radius 2 is 2.21 bits per heavy atom. The van der Waals surface area contributed by atoms with Crippen molar-refractivity contribution in [3.8, 4) is 5.75 Å². The van der Waals surface area contributed by atoms with Crippen molar-refractivity contribution in [2.24, 2.45) is 0 Å². The van der Waals surface area contributed by atoms with Gasteiger partial charge in [0.25, 0.3) is 5.89 Å². The van der Waals surface area contributed by atoms with Gasteiger partial charge in [0.1, 0.15) is 5.75 Å². The number of ether oxygens (including phenoxy) is 1. The Balaban J connectivity index is 1.55. The molecule has 3 heterocycles. The van der Waals surface area contributed by atoms with Gasteiger partial charge < -0.3 is 14.6 Å². The van der Waals surface area contributed by atoms with Crippen molar-refractivity contribution in [2.45, 2.75) is 31.4 Å². The van der Waals surface area contributed by atoms with E-state index in [9.17, 15) is 0 Å². The molecule has 2 unspecified atom stereocenters. The minimum Gasteiger partial charge on any atom is -0.480 e. The molecule has 2 aromatic rings. The largest absolute Gasteiger partial charge is 0.480 e. The Morgan fingerprint density at radius 3 is 3.05 bits per heavy atom. The van der Waals surface area contributed by atoms with Gasteiger partial charge in [0.05, 0.1) is 6.04 Å². The van der Waals surface area contributed by atoms with Gasteiger partial charge in [-0.2, -0.15) is 4.98 Å². The maximum absolute atomic E-state index is 5.85. The maximum atomic E-state index is 5.85. The Morgan fingerprint density at radius 1 is 1.26 bits per heavy atom. The SMILES string of the molecule is c1ccc2c(c1)CC(c1nc(C3CCCN3)no1)O2. The molecule has 0 spiro atoms. The number of hydrogen-bond donors (Lipinski definition) is 1. The zero-order valence-electron chi connectivity index (χ0n) is 10.5. The van der Waals surface area contributed by atoms with Gasteiger partial charge in [0.15, 0.2) is 11.9 Å². The molecule has 0 bridgehead atoms. The number of aromatic nitrogens is 2. The van der Waals surface area contributed by atoms with E-state index < -0.39 is 0 Å². The van der Waals surface area contributed by atoms with Crippen LogP contribution < -0.4 is 10.1 Å². The number of para-hydroxylation sites is 1. The molecule has 2 aliphatic heterocycles. The smallest absolute Gasteiger partial charge is 0.268 e. The first-order valence-corrected chi connectivity index (χ1v) is 6.71. The second kappa shape index (κ2) is 4.35. The highest BCUT2D eigenvalue weighted by Crippen LogP contribution is 2.36. The molecule has 2 atom stereocenters. The summed E-state index contributed by atoms with van der Waals surface area (Å²) in [7, 11) is 0. The standard InChI is InChI=1S/C14H15N3O2/c1-2-6-11-9(4-1)8-12(18-11)14-16-13(17-19-14)10-5-3-7-15-10/h1-2,4,6,10,12,15H,3,5,7-8H2. The lowest BCUT2D eigenvalue weighted by Gasteiger charge is -2.04. The summed E-state index contributed by atoms with van der Waals surface area (Å²) in [5.41, 5.74) is 1.20. The third kappa shape index (κ3) is 1.90. The molecule has 4 rings (SSSR count). The summed E-state index contributed by atoms with van der Waals surface area (Å²) in [6.45, 7) is 1.03. The predicted octanol–water partition coefficient (Wildman–Crippen LogP) is 2.17. The van der Waals surface area contributed by atoms with Gasteiger partial charge in [-0.1, -0.05) is 23.4 Å². The highest BCUT2D eigenvalue weighted by atomic mass is 16.5. The number of nitrogens with one attached hydrogen (secondary N) is 1. The summed E-state index contributed by atoms with van der Waals surface area (Å²) >= 11 is 0. The molecule has 19 heavy (non-hydrogen) atoms. The molecule has 5 heteroatoms. The van der Waals surface area contributed by atoms with Crippen LogP contribution in [0.3, 0.4) is 0 Å². The zero-order valence-corrected chi connectivity index (χ0v) is 10.5. The van der Waals surface area contributed by atoms with Crippen molar-refractivity contribution < 1.29 is 9.26 Å². The first kappa shape index (κ1) is 11.0. The lowest BCUT2D eigenvalue weighted by Crippen LogP contribution is -2.14. The fraction of sp³-hybridized carbons (Fsp3) is 0.429. The summed E-state index contributed by atoms with van der Waals surface area (Å²) in [6, 6.07) is 8.28. The van der Waals surface area contributed by atoms with E-state index in [1.54, 1.807) is 0 Å². The number of rotatable bonds is 2. The summed E-state index contributed by atoms with van der Waals surface area (Å²) in [5, 5.41) is 7.45. The van der Waals surface area contributed by atoms with Gasteiger partial charge in [-0.25, -0.2) is 0 Å². The second-order valence-corrected chi connectivity index (χ2v) is 5.06. The van der Waals surface area contributed by atoms with Gasteiger partial charge in [-0.3, -0.25) is 0 Å². The van der Waals surface area contributed by atoms with Crippen molar-refractivity contribution in [1.82, 2.24) is 15.5 Å². The molecular formula is C14H15N3O2. The number of benzene rings is 1. The molecule has 0 amide bonds. The predicted molar refractivity (Wildman–Crippen MR) is 67.8 cm³/mol. The lowest BCUT2D eigenvalue weighted by atomic mass is 10.1. The summed E-state index contributed by atoms with van der Waals surface area (Å²) in [4.78, 5) is 4.49. The number of fused-ring (bicyclic) bond motifs is 1. The Hall–Kier alpha value is -1.88. The van der Waals surface area contributed by atoms with E-state index in [-0.39, 0.29) is 12.1 Å². The highest BCUT2D eigenvalue weighted by molar-refractivity contribution is 5.37. The van der Waals surface area contributed by atoms with Crippen molar-refractivity contribution in [2.75, 3.05) is 6.54 Å². The molecule has 1 aromatic heterocycles. The van der Waals surface area contributed by atoms with Crippen LogP contribution in [0, 0.1) is 0 Å². The van der Waals surface area contributed by atoms with Crippen LogP contribution in [0.25, 0.3) is 0 Å². The summed E-state index contributed by atoms with van der Waals surface area (Å²) in [5.74, 6) is 2.26. The minimum absolute atomic E-state index is 0.139. The average molecular weight is 257 g/mol. The van der Waals surface area contributed by atoms with Crippen LogP contribution in [-0.4, -0.2) is 16.7 Å². The maximum Gasteiger partial charge on any atom is 0.268 e. The van der Waals surface area contributed by atoms with Gasteiger partial charge in [0.2, 0.25) is 0 Å². The fourth-order valence-corrected chi connectivity index (χ4v) is 2.74. The Kier molecular flexibility index (Phi) is 2.51. The van der Waals surface area contributed by atoms with Gasteiger partial charge in [-0.15, -0.1) is 0 Å². The molecule has 1 fully saturated rings. The fourth-order valence-electron chi connectivity index (χ4n) is 2.74. The molecule has 1 saturated heterocycles. The van der Waals surface area contributed by atoms with E-state index in [2.05, 4.69) is 21.5 Å². The van der Waals surface area contributed by atoms with Gasteiger partial charge in [-0.05, 0) is 31.0 Å². The Bertz CT molecular complexity index is 565. The molecule has 98 valence electrons. The monoisotopic (exact) mass is 257 g/mol. The van der Waals surface area contributed by atoms with Crippen LogP contribution in [0.1, 0.15) is 42.3 Å². The molecule has 1 N–H and O–H groups in total. The molecule has 1 aromatic carbocycles.